The van der Waals surface area contributed by atoms with E-state index in [-0.39, 0.29) is 5.91 Å². The average Bonchev–Trinajstić information content (AvgIpc) is 2.90. The van der Waals surface area contributed by atoms with Gasteiger partial charge >= 0.3 is 0 Å². The maximum absolute atomic E-state index is 13.7. The normalized spacial score (nSPS) is 16.1. The molecule has 1 aliphatic heterocycles. The van der Waals surface area contributed by atoms with Crippen LogP contribution in [-0.4, -0.2) is 60.0 Å². The summed E-state index contributed by atoms with van der Waals surface area (Å²) in [6.07, 6.45) is 5.74. The van der Waals surface area contributed by atoms with Crippen LogP contribution in [0.25, 0.3) is 0 Å². The number of nitrogen functional groups attached to an aromatic ring is 1. The number of carbonyl (C=O) groups is 1. The van der Waals surface area contributed by atoms with Gasteiger partial charge in [0, 0.05) is 67.5 Å². The van der Waals surface area contributed by atoms with Gasteiger partial charge < -0.3 is 10.6 Å². The Hall–Kier alpha value is -3.45. The molecule has 1 saturated heterocycles. The number of amides is 1. The molecule has 0 saturated carbocycles. The van der Waals surface area contributed by atoms with Crippen LogP contribution in [-0.2, 0) is 12.8 Å². The van der Waals surface area contributed by atoms with E-state index in [1.165, 1.54) is 11.3 Å². The molecule has 0 unspecified atom stereocenters. The highest BCUT2D eigenvalue weighted by atomic mass is 16.2. The Bertz CT molecular complexity index is 1150. The van der Waals surface area contributed by atoms with Gasteiger partial charge in [0.05, 0.1) is 0 Å². The maximum atomic E-state index is 13.7. The first-order chi connectivity index (χ1) is 17.1. The van der Waals surface area contributed by atoms with Crippen molar-refractivity contribution in [3.05, 3.63) is 77.2 Å². The molecule has 0 bridgehead atoms. The Morgan fingerprint density at radius 3 is 2.40 bits per heavy atom. The summed E-state index contributed by atoms with van der Waals surface area (Å²) < 4.78 is 0. The van der Waals surface area contributed by atoms with Gasteiger partial charge in [-0.05, 0) is 69.0 Å². The maximum Gasteiger partial charge on any atom is 0.259 e. The summed E-state index contributed by atoms with van der Waals surface area (Å²) in [4.78, 5) is 29.6. The van der Waals surface area contributed by atoms with Gasteiger partial charge in [0.25, 0.3) is 5.91 Å². The molecule has 7 nitrogen and oxygen atoms in total. The second-order valence-electron chi connectivity index (χ2n) is 9.57. The average molecular weight is 471 g/mol. The summed E-state index contributed by atoms with van der Waals surface area (Å²) in [6.45, 7) is 7.43. The molecule has 182 valence electrons. The molecule has 0 atom stereocenters. The molecule has 0 spiro atoms. The molecule has 2 heterocycles. The highest BCUT2D eigenvalue weighted by Crippen LogP contribution is 2.28. The number of aryl methyl sites for hydroxylation is 2. The van der Waals surface area contributed by atoms with Crippen molar-refractivity contribution in [2.75, 3.05) is 54.8 Å². The SMILES string of the molecule is Cc1ccc(N2CCN(CCN(C(=O)c3ccc(N)cc3)c3ncnc4c3CCCC4)CC2)cc1. The second-order valence-corrected chi connectivity index (χ2v) is 9.57. The first-order valence-corrected chi connectivity index (χ1v) is 12.6. The lowest BCUT2D eigenvalue weighted by Gasteiger charge is -2.37. The number of hydrogen-bond donors (Lipinski definition) is 1. The molecular formula is C28H34N6O. The summed E-state index contributed by atoms with van der Waals surface area (Å²) in [5.41, 5.74) is 11.9. The van der Waals surface area contributed by atoms with Crippen molar-refractivity contribution in [2.45, 2.75) is 32.6 Å². The first kappa shape index (κ1) is 23.3. The molecule has 3 aromatic rings. The summed E-state index contributed by atoms with van der Waals surface area (Å²) in [6, 6.07) is 15.9. The fourth-order valence-corrected chi connectivity index (χ4v) is 5.05. The number of carbonyl (C=O) groups excluding carboxylic acids is 1. The van der Waals surface area contributed by atoms with Crippen LogP contribution in [0.4, 0.5) is 17.2 Å². The quantitative estimate of drug-likeness (QED) is 0.554. The zero-order chi connectivity index (χ0) is 24.2. The highest BCUT2D eigenvalue weighted by molar-refractivity contribution is 6.06. The predicted molar refractivity (Wildman–Crippen MR) is 141 cm³/mol. The third kappa shape index (κ3) is 5.30. The zero-order valence-corrected chi connectivity index (χ0v) is 20.5. The lowest BCUT2D eigenvalue weighted by atomic mass is 9.96. The van der Waals surface area contributed by atoms with Crippen molar-refractivity contribution in [2.24, 2.45) is 0 Å². The van der Waals surface area contributed by atoms with Gasteiger partial charge in [-0.1, -0.05) is 17.7 Å². The number of fused-ring (bicyclic) bond motifs is 1. The highest BCUT2D eigenvalue weighted by Gasteiger charge is 2.26. The van der Waals surface area contributed by atoms with Gasteiger partial charge in [0.2, 0.25) is 0 Å². The monoisotopic (exact) mass is 470 g/mol. The van der Waals surface area contributed by atoms with E-state index >= 15 is 0 Å². The van der Waals surface area contributed by atoms with Crippen molar-refractivity contribution >= 4 is 23.1 Å². The largest absolute Gasteiger partial charge is 0.399 e. The Labute approximate surface area is 207 Å². The molecular weight excluding hydrogens is 436 g/mol. The van der Waals surface area contributed by atoms with Crippen LogP contribution in [0.15, 0.2) is 54.9 Å². The van der Waals surface area contributed by atoms with E-state index in [9.17, 15) is 4.79 Å². The number of aromatic nitrogens is 2. The molecule has 2 aliphatic rings. The van der Waals surface area contributed by atoms with Gasteiger partial charge in [0.1, 0.15) is 12.1 Å². The standard InChI is InChI=1S/C28H34N6O/c1-21-6-12-24(13-7-21)33-17-14-32(15-18-33)16-19-34(28(35)22-8-10-23(29)11-9-22)27-25-4-2-3-5-26(25)30-20-31-27/h6-13,20H,2-5,14-19,29H2,1H3. The van der Waals surface area contributed by atoms with E-state index < -0.39 is 0 Å². The van der Waals surface area contributed by atoms with Crippen molar-refractivity contribution < 1.29 is 4.79 Å². The Balaban J connectivity index is 1.31. The molecule has 0 radical (unpaired) electrons. The fourth-order valence-electron chi connectivity index (χ4n) is 5.05. The van der Waals surface area contributed by atoms with Crippen LogP contribution in [0.1, 0.15) is 40.0 Å². The minimum atomic E-state index is -0.0326. The predicted octanol–water partition coefficient (Wildman–Crippen LogP) is 3.72. The fraction of sp³-hybridized carbons (Fsp3) is 0.393. The number of benzene rings is 2. The molecule has 1 aromatic heterocycles. The molecule has 1 fully saturated rings. The summed E-state index contributed by atoms with van der Waals surface area (Å²) in [7, 11) is 0. The summed E-state index contributed by atoms with van der Waals surface area (Å²) in [5.74, 6) is 0.740. The molecule has 2 aromatic carbocycles. The first-order valence-electron chi connectivity index (χ1n) is 12.6. The molecule has 1 aliphatic carbocycles. The summed E-state index contributed by atoms with van der Waals surface area (Å²) >= 11 is 0. The van der Waals surface area contributed by atoms with E-state index in [0.717, 1.165) is 75.5 Å². The van der Waals surface area contributed by atoms with E-state index in [2.05, 4.69) is 51.0 Å². The number of rotatable bonds is 6. The Morgan fingerprint density at radius 2 is 1.66 bits per heavy atom. The molecule has 7 heteroatoms. The molecule has 1 amide bonds. The third-order valence-corrected chi connectivity index (χ3v) is 7.17. The van der Waals surface area contributed by atoms with E-state index in [0.29, 0.717) is 17.8 Å². The van der Waals surface area contributed by atoms with Gasteiger partial charge in [-0.25, -0.2) is 9.97 Å². The van der Waals surface area contributed by atoms with Crippen molar-refractivity contribution in [1.29, 1.82) is 0 Å². The minimum absolute atomic E-state index is 0.0326. The lowest BCUT2D eigenvalue weighted by molar-refractivity contribution is 0.0982. The van der Waals surface area contributed by atoms with Crippen LogP contribution in [0.3, 0.4) is 0 Å². The van der Waals surface area contributed by atoms with Gasteiger partial charge in [-0.15, -0.1) is 0 Å². The topological polar surface area (TPSA) is 78.6 Å². The van der Waals surface area contributed by atoms with Gasteiger partial charge in [0.15, 0.2) is 0 Å². The lowest BCUT2D eigenvalue weighted by Crippen LogP contribution is -2.49. The number of nitrogens with zero attached hydrogens (tertiary/aromatic N) is 5. The number of hydrogen-bond acceptors (Lipinski definition) is 6. The number of nitrogens with two attached hydrogens (primary N) is 1. The van der Waals surface area contributed by atoms with E-state index in [1.54, 1.807) is 30.6 Å². The third-order valence-electron chi connectivity index (χ3n) is 7.17. The van der Waals surface area contributed by atoms with Crippen LogP contribution in [0.5, 0.6) is 0 Å². The smallest absolute Gasteiger partial charge is 0.259 e. The van der Waals surface area contributed by atoms with Gasteiger partial charge in [-0.2, -0.15) is 0 Å². The van der Waals surface area contributed by atoms with Crippen LogP contribution < -0.4 is 15.5 Å². The van der Waals surface area contributed by atoms with Crippen LogP contribution in [0.2, 0.25) is 0 Å². The Kier molecular flexibility index (Phi) is 6.95. The number of anilines is 3. The van der Waals surface area contributed by atoms with Crippen LogP contribution >= 0.6 is 0 Å². The number of piperazine rings is 1. The van der Waals surface area contributed by atoms with Crippen molar-refractivity contribution in [3.8, 4) is 0 Å². The molecule has 5 rings (SSSR count). The Morgan fingerprint density at radius 1 is 0.943 bits per heavy atom. The minimum Gasteiger partial charge on any atom is -0.399 e. The van der Waals surface area contributed by atoms with Crippen molar-refractivity contribution in [1.82, 2.24) is 14.9 Å². The van der Waals surface area contributed by atoms with E-state index in [4.69, 9.17) is 5.73 Å². The van der Waals surface area contributed by atoms with Crippen LogP contribution in [0, 0.1) is 6.92 Å². The zero-order valence-electron chi connectivity index (χ0n) is 20.5. The molecule has 2 N–H and O–H groups in total. The van der Waals surface area contributed by atoms with Gasteiger partial charge in [-0.3, -0.25) is 14.6 Å². The van der Waals surface area contributed by atoms with Crippen molar-refractivity contribution in [3.63, 3.8) is 0 Å². The molecule has 35 heavy (non-hydrogen) atoms. The van der Waals surface area contributed by atoms with E-state index in [1.807, 2.05) is 4.90 Å². The summed E-state index contributed by atoms with van der Waals surface area (Å²) in [5, 5.41) is 0. The second kappa shape index (κ2) is 10.4.